The average Bonchev–Trinajstić information content (AvgIpc) is 2.56. The molecule has 0 saturated heterocycles. The Hall–Kier alpha value is -0.760. The molecule has 0 radical (unpaired) electrons. The van der Waals surface area contributed by atoms with Crippen molar-refractivity contribution in [2.24, 2.45) is 11.7 Å². The standard InChI is InChI=1S/C8H12N2/c9-5-6-4-7(6)8-2-1-3-10-8/h1-3,6-7,10H,4-5,9H2/t6-,7+/m0/s1. The van der Waals surface area contributed by atoms with Gasteiger partial charge in [-0.15, -0.1) is 0 Å². The topological polar surface area (TPSA) is 41.8 Å². The van der Waals surface area contributed by atoms with Crippen LogP contribution in [0.5, 0.6) is 0 Å². The van der Waals surface area contributed by atoms with Crippen molar-refractivity contribution < 1.29 is 0 Å². The zero-order valence-corrected chi connectivity index (χ0v) is 5.88. The zero-order valence-electron chi connectivity index (χ0n) is 5.88. The van der Waals surface area contributed by atoms with E-state index in [0.717, 1.165) is 18.4 Å². The number of hydrogen-bond acceptors (Lipinski definition) is 1. The van der Waals surface area contributed by atoms with Crippen LogP contribution in [0.4, 0.5) is 0 Å². The van der Waals surface area contributed by atoms with Crippen molar-refractivity contribution in [2.45, 2.75) is 12.3 Å². The van der Waals surface area contributed by atoms with E-state index in [4.69, 9.17) is 5.73 Å². The highest BCUT2D eigenvalue weighted by molar-refractivity contribution is 5.18. The summed E-state index contributed by atoms with van der Waals surface area (Å²) >= 11 is 0. The maximum Gasteiger partial charge on any atom is 0.0182 e. The van der Waals surface area contributed by atoms with Gasteiger partial charge < -0.3 is 10.7 Å². The van der Waals surface area contributed by atoms with E-state index in [2.05, 4.69) is 11.1 Å². The summed E-state index contributed by atoms with van der Waals surface area (Å²) in [5.74, 6) is 1.48. The fourth-order valence-electron chi connectivity index (χ4n) is 1.46. The minimum Gasteiger partial charge on any atom is -0.365 e. The van der Waals surface area contributed by atoms with Gasteiger partial charge in [0.05, 0.1) is 0 Å². The van der Waals surface area contributed by atoms with Crippen LogP contribution < -0.4 is 5.73 Å². The molecule has 0 unspecified atom stereocenters. The van der Waals surface area contributed by atoms with Gasteiger partial charge in [0, 0.05) is 17.8 Å². The molecule has 0 bridgehead atoms. The third-order valence-corrected chi connectivity index (χ3v) is 2.25. The first-order chi connectivity index (χ1) is 4.92. The summed E-state index contributed by atoms with van der Waals surface area (Å²) in [6.45, 7) is 0.837. The Kier molecular flexibility index (Phi) is 1.27. The minimum absolute atomic E-state index is 0.736. The number of aromatic nitrogens is 1. The van der Waals surface area contributed by atoms with Crippen molar-refractivity contribution in [1.29, 1.82) is 0 Å². The Balaban J connectivity index is 2.05. The molecule has 1 aliphatic carbocycles. The summed E-state index contributed by atoms with van der Waals surface area (Å²) in [4.78, 5) is 3.21. The summed E-state index contributed by atoms with van der Waals surface area (Å²) in [6.07, 6.45) is 3.25. The monoisotopic (exact) mass is 136 g/mol. The van der Waals surface area contributed by atoms with Crippen LogP contribution in [0.2, 0.25) is 0 Å². The molecule has 1 aromatic heterocycles. The van der Waals surface area contributed by atoms with Gasteiger partial charge in [0.1, 0.15) is 0 Å². The van der Waals surface area contributed by atoms with E-state index in [9.17, 15) is 0 Å². The van der Waals surface area contributed by atoms with Gasteiger partial charge in [-0.25, -0.2) is 0 Å². The molecule has 2 rings (SSSR count). The third-order valence-electron chi connectivity index (χ3n) is 2.25. The fourth-order valence-corrected chi connectivity index (χ4v) is 1.46. The lowest BCUT2D eigenvalue weighted by atomic mass is 10.2. The highest BCUT2D eigenvalue weighted by Gasteiger charge is 2.37. The van der Waals surface area contributed by atoms with Gasteiger partial charge in [-0.2, -0.15) is 0 Å². The quantitative estimate of drug-likeness (QED) is 0.627. The number of rotatable bonds is 2. The number of nitrogens with two attached hydrogens (primary N) is 1. The van der Waals surface area contributed by atoms with E-state index in [-0.39, 0.29) is 0 Å². The first kappa shape index (κ1) is 5.98. The Morgan fingerprint density at radius 2 is 2.60 bits per heavy atom. The fraction of sp³-hybridized carbons (Fsp3) is 0.500. The van der Waals surface area contributed by atoms with Crippen LogP contribution in [0.25, 0.3) is 0 Å². The van der Waals surface area contributed by atoms with Crippen LogP contribution in [0, 0.1) is 5.92 Å². The second kappa shape index (κ2) is 2.13. The van der Waals surface area contributed by atoms with Crippen LogP contribution in [-0.4, -0.2) is 11.5 Å². The second-order valence-electron chi connectivity index (χ2n) is 2.96. The molecule has 2 heteroatoms. The van der Waals surface area contributed by atoms with Crippen LogP contribution >= 0.6 is 0 Å². The molecular weight excluding hydrogens is 124 g/mol. The molecule has 0 aromatic carbocycles. The summed E-state index contributed by atoms with van der Waals surface area (Å²) in [5.41, 5.74) is 6.87. The van der Waals surface area contributed by atoms with E-state index >= 15 is 0 Å². The summed E-state index contributed by atoms with van der Waals surface area (Å²) in [7, 11) is 0. The maximum atomic E-state index is 5.52. The van der Waals surface area contributed by atoms with Gasteiger partial charge in [0.2, 0.25) is 0 Å². The minimum atomic E-state index is 0.736. The van der Waals surface area contributed by atoms with Crippen LogP contribution in [0.15, 0.2) is 18.3 Å². The molecule has 0 amide bonds. The first-order valence-corrected chi connectivity index (χ1v) is 3.75. The van der Waals surface area contributed by atoms with Gasteiger partial charge in [0.15, 0.2) is 0 Å². The van der Waals surface area contributed by atoms with Crippen molar-refractivity contribution in [3.05, 3.63) is 24.0 Å². The predicted molar refractivity (Wildman–Crippen MR) is 40.7 cm³/mol. The first-order valence-electron chi connectivity index (χ1n) is 3.75. The van der Waals surface area contributed by atoms with Gasteiger partial charge in [-0.05, 0) is 31.0 Å². The van der Waals surface area contributed by atoms with Crippen molar-refractivity contribution in [3.63, 3.8) is 0 Å². The second-order valence-corrected chi connectivity index (χ2v) is 2.96. The van der Waals surface area contributed by atoms with Crippen LogP contribution in [0.1, 0.15) is 18.0 Å². The molecule has 0 aliphatic heterocycles. The third kappa shape index (κ3) is 0.847. The Morgan fingerprint density at radius 1 is 1.70 bits per heavy atom. The number of H-pyrrole nitrogens is 1. The molecule has 1 aliphatic rings. The smallest absolute Gasteiger partial charge is 0.0182 e. The highest BCUT2D eigenvalue weighted by Crippen LogP contribution is 2.45. The molecule has 1 heterocycles. The van der Waals surface area contributed by atoms with Crippen molar-refractivity contribution >= 4 is 0 Å². The van der Waals surface area contributed by atoms with Gasteiger partial charge in [0.25, 0.3) is 0 Å². The van der Waals surface area contributed by atoms with E-state index < -0.39 is 0 Å². The Morgan fingerprint density at radius 3 is 3.10 bits per heavy atom. The number of aromatic amines is 1. The number of nitrogens with one attached hydrogen (secondary N) is 1. The van der Waals surface area contributed by atoms with Gasteiger partial charge >= 0.3 is 0 Å². The lowest BCUT2D eigenvalue weighted by Gasteiger charge is -1.91. The van der Waals surface area contributed by atoms with Crippen LogP contribution in [-0.2, 0) is 0 Å². The molecular formula is C8H12N2. The largest absolute Gasteiger partial charge is 0.365 e. The normalized spacial score (nSPS) is 30.5. The molecule has 1 aromatic rings. The molecule has 10 heavy (non-hydrogen) atoms. The summed E-state index contributed by atoms with van der Waals surface area (Å²) in [6, 6.07) is 4.18. The molecule has 1 saturated carbocycles. The average molecular weight is 136 g/mol. The van der Waals surface area contributed by atoms with E-state index in [1.165, 1.54) is 12.1 Å². The summed E-state index contributed by atoms with van der Waals surface area (Å²) < 4.78 is 0. The lowest BCUT2D eigenvalue weighted by molar-refractivity contribution is 0.800. The molecule has 0 spiro atoms. The van der Waals surface area contributed by atoms with Gasteiger partial charge in [-0.3, -0.25) is 0 Å². The maximum absolute atomic E-state index is 5.52. The van der Waals surface area contributed by atoms with E-state index in [0.29, 0.717) is 0 Å². The molecule has 3 N–H and O–H groups in total. The van der Waals surface area contributed by atoms with Crippen molar-refractivity contribution in [1.82, 2.24) is 4.98 Å². The molecule has 54 valence electrons. The summed E-state index contributed by atoms with van der Waals surface area (Å²) in [5, 5.41) is 0. The Bertz CT molecular complexity index is 203. The molecule has 2 nitrogen and oxygen atoms in total. The van der Waals surface area contributed by atoms with Gasteiger partial charge in [-0.1, -0.05) is 0 Å². The van der Waals surface area contributed by atoms with Crippen molar-refractivity contribution in [3.8, 4) is 0 Å². The lowest BCUT2D eigenvalue weighted by Crippen LogP contribution is -2.01. The highest BCUT2D eigenvalue weighted by atomic mass is 14.7. The zero-order chi connectivity index (χ0) is 6.97. The molecule has 2 atom stereocenters. The molecule has 1 fully saturated rings. The van der Waals surface area contributed by atoms with E-state index in [1.807, 2.05) is 12.3 Å². The van der Waals surface area contributed by atoms with E-state index in [1.54, 1.807) is 0 Å². The number of hydrogen-bond donors (Lipinski definition) is 2. The SMILES string of the molecule is NC[C@@H]1C[C@H]1c1ccc[nH]1. The predicted octanol–water partition coefficient (Wildman–Crippen LogP) is 1.08. The van der Waals surface area contributed by atoms with Crippen molar-refractivity contribution in [2.75, 3.05) is 6.54 Å². The van der Waals surface area contributed by atoms with Crippen LogP contribution in [0.3, 0.4) is 0 Å². The Labute approximate surface area is 60.4 Å².